The molecule has 7 heteroatoms. The van der Waals surface area contributed by atoms with E-state index in [1.807, 2.05) is 19.9 Å². The molecule has 3 rings (SSSR count). The fourth-order valence-corrected chi connectivity index (χ4v) is 2.61. The molecule has 0 aliphatic heterocycles. The van der Waals surface area contributed by atoms with Crippen LogP contribution in [0.1, 0.15) is 23.1 Å². The zero-order valence-corrected chi connectivity index (χ0v) is 12.7. The molecule has 3 aromatic rings. The summed E-state index contributed by atoms with van der Waals surface area (Å²) in [6.45, 7) is 4.34. The third-order valence-electron chi connectivity index (χ3n) is 3.76. The molecule has 7 nitrogen and oxygen atoms in total. The van der Waals surface area contributed by atoms with E-state index in [1.54, 1.807) is 34.5 Å². The van der Waals surface area contributed by atoms with Gasteiger partial charge in [0.2, 0.25) is 0 Å². The number of fused-ring (bicyclic) bond motifs is 1. The summed E-state index contributed by atoms with van der Waals surface area (Å²) >= 11 is 0. The van der Waals surface area contributed by atoms with Crippen LogP contribution >= 0.6 is 0 Å². The van der Waals surface area contributed by atoms with Crippen molar-refractivity contribution in [2.75, 3.05) is 5.32 Å². The minimum atomic E-state index is -0.302. The molecule has 22 heavy (non-hydrogen) atoms. The third kappa shape index (κ3) is 2.11. The number of anilines is 1. The standard InChI is InChI=1S/C15H17N5O2/c1-4-20-9(2)8-10-12(15(20)22)13(18-17-10)16-14(21)11-6-5-7-19(11)3/h5-8H,4H2,1-3H3,(H2,16,17,18,21). The highest BCUT2D eigenvalue weighted by atomic mass is 16.2. The fourth-order valence-electron chi connectivity index (χ4n) is 2.61. The normalized spacial score (nSPS) is 11.0. The zero-order valence-electron chi connectivity index (χ0n) is 12.7. The second-order valence-electron chi connectivity index (χ2n) is 5.15. The van der Waals surface area contributed by atoms with Gasteiger partial charge in [-0.25, -0.2) is 0 Å². The van der Waals surface area contributed by atoms with Gasteiger partial charge in [-0.15, -0.1) is 0 Å². The van der Waals surface area contributed by atoms with E-state index in [0.29, 0.717) is 23.1 Å². The van der Waals surface area contributed by atoms with Crippen LogP contribution in [0, 0.1) is 6.92 Å². The van der Waals surface area contributed by atoms with Gasteiger partial charge in [0.25, 0.3) is 11.5 Å². The Labute approximate surface area is 126 Å². The van der Waals surface area contributed by atoms with Crippen LogP contribution in [0.4, 0.5) is 5.82 Å². The molecule has 0 spiro atoms. The molecular weight excluding hydrogens is 282 g/mol. The van der Waals surface area contributed by atoms with Crippen LogP contribution < -0.4 is 10.9 Å². The number of hydrogen-bond donors (Lipinski definition) is 2. The molecule has 114 valence electrons. The minimum absolute atomic E-state index is 0.159. The molecule has 3 heterocycles. The second-order valence-corrected chi connectivity index (χ2v) is 5.15. The van der Waals surface area contributed by atoms with E-state index < -0.39 is 0 Å². The number of H-pyrrole nitrogens is 1. The molecule has 0 aromatic carbocycles. The lowest BCUT2D eigenvalue weighted by Crippen LogP contribution is -2.23. The van der Waals surface area contributed by atoms with Crippen molar-refractivity contribution in [3.05, 3.63) is 46.1 Å². The van der Waals surface area contributed by atoms with Gasteiger partial charge in [-0.1, -0.05) is 0 Å². The Bertz CT molecular complexity index is 916. The van der Waals surface area contributed by atoms with Crippen molar-refractivity contribution < 1.29 is 4.79 Å². The van der Waals surface area contributed by atoms with Gasteiger partial charge >= 0.3 is 0 Å². The number of aryl methyl sites for hydroxylation is 2. The summed E-state index contributed by atoms with van der Waals surface area (Å²) in [5, 5.41) is 9.98. The van der Waals surface area contributed by atoms with E-state index in [-0.39, 0.29) is 17.3 Å². The number of aromatic amines is 1. The number of hydrogen-bond acceptors (Lipinski definition) is 3. The number of pyridine rings is 1. The van der Waals surface area contributed by atoms with Crippen LogP contribution in [0.15, 0.2) is 29.2 Å². The molecule has 3 aromatic heterocycles. The monoisotopic (exact) mass is 299 g/mol. The molecule has 0 saturated carbocycles. The van der Waals surface area contributed by atoms with Gasteiger partial charge in [-0.05, 0) is 32.0 Å². The number of carbonyl (C=O) groups is 1. The Morgan fingerprint density at radius 3 is 2.86 bits per heavy atom. The van der Waals surface area contributed by atoms with Crippen molar-refractivity contribution >= 4 is 22.6 Å². The lowest BCUT2D eigenvalue weighted by molar-refractivity contribution is 0.101. The molecule has 0 atom stereocenters. The lowest BCUT2D eigenvalue weighted by Gasteiger charge is -2.07. The molecule has 0 unspecified atom stereocenters. The molecule has 0 radical (unpaired) electrons. The topological polar surface area (TPSA) is 84.7 Å². The van der Waals surface area contributed by atoms with Crippen molar-refractivity contribution in [1.29, 1.82) is 0 Å². The largest absolute Gasteiger partial charge is 0.347 e. The quantitative estimate of drug-likeness (QED) is 0.771. The summed E-state index contributed by atoms with van der Waals surface area (Å²) in [5.74, 6) is -0.0441. The van der Waals surface area contributed by atoms with Crippen LogP contribution in [0.3, 0.4) is 0 Å². The first kappa shape index (κ1) is 14.1. The summed E-state index contributed by atoms with van der Waals surface area (Å²) in [7, 11) is 1.78. The van der Waals surface area contributed by atoms with Crippen molar-refractivity contribution in [1.82, 2.24) is 19.3 Å². The maximum atomic E-state index is 12.5. The second kappa shape index (κ2) is 5.18. The average Bonchev–Trinajstić information content (AvgIpc) is 3.06. The fraction of sp³-hybridized carbons (Fsp3) is 0.267. The summed E-state index contributed by atoms with van der Waals surface area (Å²) < 4.78 is 3.36. The van der Waals surface area contributed by atoms with Gasteiger partial charge in [-0.2, -0.15) is 5.10 Å². The van der Waals surface area contributed by atoms with E-state index in [2.05, 4.69) is 15.5 Å². The maximum absolute atomic E-state index is 12.5. The Morgan fingerprint density at radius 2 is 2.23 bits per heavy atom. The number of aromatic nitrogens is 4. The van der Waals surface area contributed by atoms with Crippen molar-refractivity contribution in [2.24, 2.45) is 7.05 Å². The van der Waals surface area contributed by atoms with Gasteiger partial charge < -0.3 is 14.5 Å². The zero-order chi connectivity index (χ0) is 15.9. The van der Waals surface area contributed by atoms with Crippen molar-refractivity contribution in [3.8, 4) is 0 Å². The first-order chi connectivity index (χ1) is 10.5. The third-order valence-corrected chi connectivity index (χ3v) is 3.76. The van der Waals surface area contributed by atoms with Crippen LogP contribution in [-0.2, 0) is 13.6 Å². The van der Waals surface area contributed by atoms with E-state index >= 15 is 0 Å². The Morgan fingerprint density at radius 1 is 1.45 bits per heavy atom. The minimum Gasteiger partial charge on any atom is -0.347 e. The van der Waals surface area contributed by atoms with Gasteiger partial charge in [-0.3, -0.25) is 14.7 Å². The predicted molar refractivity (Wildman–Crippen MR) is 84.1 cm³/mol. The molecule has 2 N–H and O–H groups in total. The van der Waals surface area contributed by atoms with Crippen LogP contribution in [-0.4, -0.2) is 25.2 Å². The Hall–Kier alpha value is -2.83. The summed E-state index contributed by atoms with van der Waals surface area (Å²) in [5.41, 5.74) is 1.81. The van der Waals surface area contributed by atoms with E-state index in [0.717, 1.165) is 5.69 Å². The Kier molecular flexibility index (Phi) is 3.32. The van der Waals surface area contributed by atoms with E-state index in [4.69, 9.17) is 0 Å². The van der Waals surface area contributed by atoms with Crippen LogP contribution in [0.5, 0.6) is 0 Å². The average molecular weight is 299 g/mol. The first-order valence-electron chi connectivity index (χ1n) is 7.04. The SMILES string of the molecule is CCn1c(C)cc2[nH]nc(NC(=O)c3cccn3C)c2c1=O. The summed E-state index contributed by atoms with van der Waals surface area (Å²) in [6.07, 6.45) is 1.78. The first-order valence-corrected chi connectivity index (χ1v) is 7.04. The van der Waals surface area contributed by atoms with Crippen molar-refractivity contribution in [3.63, 3.8) is 0 Å². The molecule has 0 aliphatic rings. The number of rotatable bonds is 3. The van der Waals surface area contributed by atoms with Gasteiger partial charge in [0.15, 0.2) is 5.82 Å². The Balaban J connectivity index is 2.07. The molecule has 0 fully saturated rings. The molecule has 0 bridgehead atoms. The lowest BCUT2D eigenvalue weighted by atomic mass is 10.2. The molecular formula is C15H17N5O2. The van der Waals surface area contributed by atoms with E-state index in [1.165, 1.54) is 0 Å². The van der Waals surface area contributed by atoms with Crippen LogP contribution in [0.25, 0.3) is 10.9 Å². The highest BCUT2D eigenvalue weighted by Gasteiger charge is 2.17. The highest BCUT2D eigenvalue weighted by Crippen LogP contribution is 2.18. The van der Waals surface area contributed by atoms with E-state index in [9.17, 15) is 9.59 Å². The van der Waals surface area contributed by atoms with Crippen molar-refractivity contribution in [2.45, 2.75) is 20.4 Å². The van der Waals surface area contributed by atoms with Gasteiger partial charge in [0.05, 0.1) is 5.52 Å². The molecule has 0 saturated heterocycles. The maximum Gasteiger partial charge on any atom is 0.273 e. The van der Waals surface area contributed by atoms with Gasteiger partial charge in [0, 0.05) is 25.5 Å². The highest BCUT2D eigenvalue weighted by molar-refractivity contribution is 6.06. The van der Waals surface area contributed by atoms with Crippen LogP contribution in [0.2, 0.25) is 0 Å². The molecule has 0 aliphatic carbocycles. The predicted octanol–water partition coefficient (Wildman–Crippen LogP) is 1.64. The summed E-state index contributed by atoms with van der Waals surface area (Å²) in [4.78, 5) is 24.8. The summed E-state index contributed by atoms with van der Waals surface area (Å²) in [6, 6.07) is 5.34. The smallest absolute Gasteiger partial charge is 0.273 e. The number of carbonyl (C=O) groups excluding carboxylic acids is 1. The van der Waals surface area contributed by atoms with Gasteiger partial charge in [0.1, 0.15) is 11.1 Å². The number of amides is 1. The molecule has 1 amide bonds. The number of nitrogens with one attached hydrogen (secondary N) is 2. The number of nitrogens with zero attached hydrogens (tertiary/aromatic N) is 3.